The Morgan fingerprint density at radius 1 is 0.973 bits per heavy atom. The Morgan fingerprint density at radius 2 is 1.62 bits per heavy atom. The lowest BCUT2D eigenvalue weighted by molar-refractivity contribution is -0.119. The van der Waals surface area contributed by atoms with E-state index < -0.39 is 22.5 Å². The van der Waals surface area contributed by atoms with Crippen molar-refractivity contribution in [2.75, 3.05) is 31.7 Å². The zero-order valence-corrected chi connectivity index (χ0v) is 23.3. The molecule has 196 valence electrons. The number of sulfonamides is 1. The van der Waals surface area contributed by atoms with E-state index in [1.54, 1.807) is 31.2 Å². The number of amides is 1. The Balaban J connectivity index is 1.93. The van der Waals surface area contributed by atoms with Crippen molar-refractivity contribution in [2.24, 2.45) is 5.10 Å². The number of hydrogen-bond acceptors (Lipinski definition) is 7. The normalized spacial score (nSPS) is 11.5. The molecule has 3 aromatic rings. The molecule has 0 heterocycles. The van der Waals surface area contributed by atoms with Crippen LogP contribution in [-0.4, -0.2) is 47.4 Å². The van der Waals surface area contributed by atoms with Gasteiger partial charge in [-0.3, -0.25) is 9.10 Å². The first-order valence-electron chi connectivity index (χ1n) is 11.3. The maximum atomic E-state index is 13.7. The third-order valence-corrected chi connectivity index (χ3v) is 7.57. The first-order chi connectivity index (χ1) is 17.7. The van der Waals surface area contributed by atoms with Crippen LogP contribution in [0.5, 0.6) is 17.2 Å². The first-order valence-corrected chi connectivity index (χ1v) is 13.5. The molecule has 0 unspecified atom stereocenters. The lowest BCUT2D eigenvalue weighted by Gasteiger charge is -2.24. The summed E-state index contributed by atoms with van der Waals surface area (Å²) in [5.74, 6) is 0.585. The average Bonchev–Trinajstić information content (AvgIpc) is 2.91. The van der Waals surface area contributed by atoms with E-state index in [-0.39, 0.29) is 16.3 Å². The molecule has 0 spiro atoms. The Bertz CT molecular complexity index is 1360. The summed E-state index contributed by atoms with van der Waals surface area (Å²) in [6, 6.07) is 18.1. The van der Waals surface area contributed by atoms with Crippen molar-refractivity contribution in [3.8, 4) is 17.2 Å². The van der Waals surface area contributed by atoms with E-state index in [4.69, 9.17) is 14.2 Å². The highest BCUT2D eigenvalue weighted by molar-refractivity contribution is 9.10. The van der Waals surface area contributed by atoms with Crippen LogP contribution in [0.2, 0.25) is 0 Å². The summed E-state index contributed by atoms with van der Waals surface area (Å²) in [7, 11) is -1.31. The second-order valence-corrected chi connectivity index (χ2v) is 10.5. The smallest absolute Gasteiger partial charge is 0.264 e. The number of hydrogen-bond donors (Lipinski definition) is 1. The van der Waals surface area contributed by atoms with E-state index in [0.29, 0.717) is 23.8 Å². The molecule has 0 aliphatic heterocycles. The third kappa shape index (κ3) is 7.01. The number of halogens is 1. The molecule has 0 aromatic heterocycles. The first kappa shape index (κ1) is 28.0. The lowest BCUT2D eigenvalue weighted by Crippen LogP contribution is -2.39. The maximum Gasteiger partial charge on any atom is 0.264 e. The highest BCUT2D eigenvalue weighted by atomic mass is 79.9. The molecule has 0 radical (unpaired) electrons. The molecule has 3 rings (SSSR count). The van der Waals surface area contributed by atoms with Crippen LogP contribution in [0.15, 0.2) is 81.2 Å². The quantitative estimate of drug-likeness (QED) is 0.259. The van der Waals surface area contributed by atoms with Gasteiger partial charge in [0.05, 0.1) is 37.1 Å². The van der Waals surface area contributed by atoms with E-state index >= 15 is 0 Å². The zero-order valence-electron chi connectivity index (χ0n) is 20.9. The Kier molecular flexibility index (Phi) is 9.54. The number of carbonyl (C=O) groups excluding carboxylic acids is 1. The minimum absolute atomic E-state index is 0.0682. The summed E-state index contributed by atoms with van der Waals surface area (Å²) in [6.45, 7) is 3.55. The molecule has 0 bridgehead atoms. The van der Waals surface area contributed by atoms with Gasteiger partial charge in [-0.1, -0.05) is 28.1 Å². The van der Waals surface area contributed by atoms with Gasteiger partial charge in [0.2, 0.25) is 0 Å². The number of hydrazone groups is 1. The predicted molar refractivity (Wildman–Crippen MR) is 146 cm³/mol. The van der Waals surface area contributed by atoms with Crippen molar-refractivity contribution >= 4 is 43.3 Å². The summed E-state index contributed by atoms with van der Waals surface area (Å²) in [4.78, 5) is 12.8. The van der Waals surface area contributed by atoms with Crippen LogP contribution in [0.3, 0.4) is 0 Å². The molecule has 37 heavy (non-hydrogen) atoms. The SMILES string of the molecule is CCOc1ccc(N(CC(=O)N/N=C(/C)c2ccc(Br)cc2)S(=O)(=O)c2ccc(OC)c(OC)c2)cc1. The van der Waals surface area contributed by atoms with Gasteiger partial charge < -0.3 is 14.2 Å². The number of nitrogens with one attached hydrogen (secondary N) is 1. The molecule has 9 nitrogen and oxygen atoms in total. The van der Waals surface area contributed by atoms with Crippen LogP contribution < -0.4 is 23.9 Å². The highest BCUT2D eigenvalue weighted by Crippen LogP contribution is 2.32. The third-order valence-electron chi connectivity index (χ3n) is 5.28. The van der Waals surface area contributed by atoms with E-state index in [0.717, 1.165) is 14.3 Å². The van der Waals surface area contributed by atoms with Crippen molar-refractivity contribution in [1.29, 1.82) is 0 Å². The zero-order chi connectivity index (χ0) is 27.0. The fourth-order valence-electron chi connectivity index (χ4n) is 3.36. The second-order valence-electron chi connectivity index (χ2n) is 7.69. The van der Waals surface area contributed by atoms with E-state index in [2.05, 4.69) is 26.5 Å². The molecular weight excluding hydrogens is 562 g/mol. The minimum Gasteiger partial charge on any atom is -0.494 e. The molecule has 0 fully saturated rings. The maximum absolute atomic E-state index is 13.7. The van der Waals surface area contributed by atoms with Crippen LogP contribution in [0.4, 0.5) is 5.69 Å². The van der Waals surface area contributed by atoms with Crippen molar-refractivity contribution in [2.45, 2.75) is 18.7 Å². The van der Waals surface area contributed by atoms with Crippen molar-refractivity contribution in [3.05, 3.63) is 76.8 Å². The van der Waals surface area contributed by atoms with Crippen LogP contribution in [-0.2, 0) is 14.8 Å². The Labute approximate surface area is 225 Å². The summed E-state index contributed by atoms with van der Waals surface area (Å²) >= 11 is 3.38. The fourth-order valence-corrected chi connectivity index (χ4v) is 5.06. The molecule has 3 aromatic carbocycles. The number of nitrogens with zero attached hydrogens (tertiary/aromatic N) is 2. The molecule has 0 saturated carbocycles. The van der Waals surface area contributed by atoms with Crippen molar-refractivity contribution in [3.63, 3.8) is 0 Å². The molecular formula is C26H28BrN3O6S. The van der Waals surface area contributed by atoms with Gasteiger partial charge in [0.15, 0.2) is 11.5 Å². The van der Waals surface area contributed by atoms with Crippen LogP contribution in [0.25, 0.3) is 0 Å². The topological polar surface area (TPSA) is 107 Å². The van der Waals surface area contributed by atoms with Gasteiger partial charge in [-0.2, -0.15) is 5.10 Å². The van der Waals surface area contributed by atoms with Gasteiger partial charge in [0.25, 0.3) is 15.9 Å². The van der Waals surface area contributed by atoms with Gasteiger partial charge in [0, 0.05) is 10.5 Å². The largest absolute Gasteiger partial charge is 0.494 e. The van der Waals surface area contributed by atoms with E-state index in [1.807, 2.05) is 31.2 Å². The van der Waals surface area contributed by atoms with E-state index in [1.165, 1.54) is 32.4 Å². The van der Waals surface area contributed by atoms with Crippen LogP contribution in [0.1, 0.15) is 19.4 Å². The van der Waals surface area contributed by atoms with Crippen LogP contribution >= 0.6 is 15.9 Å². The van der Waals surface area contributed by atoms with Gasteiger partial charge in [-0.15, -0.1) is 0 Å². The predicted octanol–water partition coefficient (Wildman–Crippen LogP) is 4.60. The van der Waals surface area contributed by atoms with Crippen LogP contribution in [0, 0.1) is 0 Å². The molecule has 0 atom stereocenters. The van der Waals surface area contributed by atoms with Gasteiger partial charge in [-0.25, -0.2) is 13.8 Å². The summed E-state index contributed by atoms with van der Waals surface area (Å²) in [5.41, 5.74) is 4.11. The van der Waals surface area contributed by atoms with E-state index in [9.17, 15) is 13.2 Å². The molecule has 1 N–H and O–H groups in total. The van der Waals surface area contributed by atoms with Crippen molar-refractivity contribution < 1.29 is 27.4 Å². The number of benzene rings is 3. The highest BCUT2D eigenvalue weighted by Gasteiger charge is 2.28. The van der Waals surface area contributed by atoms with Crippen molar-refractivity contribution in [1.82, 2.24) is 5.43 Å². The fraction of sp³-hybridized carbons (Fsp3) is 0.231. The number of rotatable bonds is 11. The Morgan fingerprint density at radius 3 is 2.22 bits per heavy atom. The summed E-state index contributed by atoms with van der Waals surface area (Å²) in [6.07, 6.45) is 0. The summed E-state index contributed by atoms with van der Waals surface area (Å²) in [5, 5.41) is 4.14. The number of ether oxygens (including phenoxy) is 3. The minimum atomic E-state index is -4.18. The number of anilines is 1. The molecule has 1 amide bonds. The van der Waals surface area contributed by atoms with Gasteiger partial charge in [0.1, 0.15) is 12.3 Å². The monoisotopic (exact) mass is 589 g/mol. The molecule has 0 saturated heterocycles. The average molecular weight is 590 g/mol. The second kappa shape index (κ2) is 12.6. The van der Waals surface area contributed by atoms with Gasteiger partial charge in [-0.05, 0) is 67.9 Å². The molecule has 11 heteroatoms. The Hall–Kier alpha value is -3.57. The van der Waals surface area contributed by atoms with Gasteiger partial charge >= 0.3 is 0 Å². The number of carbonyl (C=O) groups is 1. The summed E-state index contributed by atoms with van der Waals surface area (Å²) < 4.78 is 45.3. The molecule has 0 aliphatic carbocycles. The molecule has 0 aliphatic rings. The lowest BCUT2D eigenvalue weighted by atomic mass is 10.1. The standard InChI is InChI=1S/C26H28BrN3O6S/c1-5-36-22-12-10-21(11-13-22)30(37(32,33)23-14-15-24(34-3)25(16-23)35-4)17-26(31)29-28-18(2)19-6-8-20(27)9-7-19/h6-16H,5,17H2,1-4H3,(H,29,31)/b28-18-. The number of methoxy groups -OCH3 is 2.